The summed E-state index contributed by atoms with van der Waals surface area (Å²) in [7, 11) is 1.65. The van der Waals surface area contributed by atoms with Crippen molar-refractivity contribution in [3.05, 3.63) is 82.4 Å². The molecular weight excluding hydrogens is 499 g/mol. The number of benzene rings is 2. The average molecular weight is 525 g/mol. The summed E-state index contributed by atoms with van der Waals surface area (Å²) in [6.45, 7) is 3.73. The molecular formula is C27H26ClFN4O2S. The molecule has 2 aromatic carbocycles. The summed E-state index contributed by atoms with van der Waals surface area (Å²) in [5.74, 6) is 0.210. The van der Waals surface area contributed by atoms with Gasteiger partial charge in [-0.15, -0.1) is 0 Å². The zero-order valence-corrected chi connectivity index (χ0v) is 21.6. The number of aromatic nitrogens is 3. The highest BCUT2D eigenvalue weighted by Gasteiger charge is 2.28. The lowest BCUT2D eigenvalue weighted by Gasteiger charge is -2.38. The Morgan fingerprint density at radius 2 is 1.83 bits per heavy atom. The second kappa shape index (κ2) is 9.33. The Balaban J connectivity index is 1.54. The van der Waals surface area contributed by atoms with E-state index in [1.807, 2.05) is 6.07 Å². The maximum atomic E-state index is 14.8. The number of rotatable bonds is 4. The van der Waals surface area contributed by atoms with E-state index in [0.717, 1.165) is 31.7 Å². The lowest BCUT2D eigenvalue weighted by Crippen LogP contribution is -2.43. The van der Waals surface area contributed by atoms with Crippen LogP contribution in [0.1, 0.15) is 19.8 Å². The number of halogens is 2. The van der Waals surface area contributed by atoms with Gasteiger partial charge in [0, 0.05) is 54.6 Å². The van der Waals surface area contributed by atoms with Crippen molar-refractivity contribution >= 4 is 30.0 Å². The molecule has 0 saturated carbocycles. The topological polar surface area (TPSA) is 63.3 Å². The lowest BCUT2D eigenvalue weighted by molar-refractivity contribution is 0.477. The Labute approximate surface area is 219 Å². The van der Waals surface area contributed by atoms with E-state index < -0.39 is 5.82 Å². The van der Waals surface area contributed by atoms with Crippen LogP contribution in [0.25, 0.3) is 27.9 Å². The summed E-state index contributed by atoms with van der Waals surface area (Å²) in [5.41, 5.74) is 2.11. The van der Waals surface area contributed by atoms with Crippen molar-refractivity contribution in [3.8, 4) is 33.7 Å². The van der Waals surface area contributed by atoms with E-state index in [1.165, 1.54) is 21.3 Å². The van der Waals surface area contributed by atoms with Crippen LogP contribution in [0.15, 0.2) is 65.8 Å². The van der Waals surface area contributed by atoms with Gasteiger partial charge in [-0.1, -0.05) is 17.7 Å². The molecule has 36 heavy (non-hydrogen) atoms. The third kappa shape index (κ3) is 4.63. The van der Waals surface area contributed by atoms with Crippen molar-refractivity contribution in [1.29, 1.82) is 0 Å². The summed E-state index contributed by atoms with van der Waals surface area (Å²) in [6, 6.07) is 11.2. The van der Waals surface area contributed by atoms with Crippen LogP contribution in [0, 0.1) is 5.82 Å². The number of anilines is 1. The van der Waals surface area contributed by atoms with Crippen LogP contribution < -0.4 is 10.6 Å². The normalized spacial score (nSPS) is 18.0. The number of piperidine rings is 1. The number of nitrogens with zero attached hydrogens (tertiary/aromatic N) is 4. The van der Waals surface area contributed by atoms with Crippen LogP contribution in [-0.2, 0) is 7.05 Å². The van der Waals surface area contributed by atoms with Crippen molar-refractivity contribution < 1.29 is 9.50 Å². The summed E-state index contributed by atoms with van der Waals surface area (Å²) in [5, 5.41) is 11.5. The summed E-state index contributed by atoms with van der Waals surface area (Å²) < 4.78 is 17.6. The zero-order chi connectivity index (χ0) is 25.6. The monoisotopic (exact) mass is 524 g/mol. The van der Waals surface area contributed by atoms with Crippen molar-refractivity contribution in [2.24, 2.45) is 7.05 Å². The molecule has 3 heterocycles. The van der Waals surface area contributed by atoms with Crippen LogP contribution in [0.3, 0.4) is 0 Å². The van der Waals surface area contributed by atoms with Gasteiger partial charge in [-0.3, -0.25) is 4.57 Å². The Kier molecular flexibility index (Phi) is 6.34. The molecule has 0 unspecified atom stereocenters. The van der Waals surface area contributed by atoms with E-state index in [2.05, 4.69) is 16.8 Å². The lowest BCUT2D eigenvalue weighted by atomic mass is 9.96. The molecule has 0 aliphatic carbocycles. The number of imidazole rings is 1. The molecule has 9 heteroatoms. The van der Waals surface area contributed by atoms with Crippen LogP contribution >= 0.6 is 24.2 Å². The molecule has 0 amide bonds. The number of hydrogen-bond acceptors (Lipinski definition) is 5. The quantitative estimate of drug-likeness (QED) is 0.337. The van der Waals surface area contributed by atoms with Crippen LogP contribution in [0.2, 0.25) is 5.02 Å². The Bertz CT molecular complexity index is 1510. The number of aromatic hydroxyl groups is 1. The first-order valence-corrected chi connectivity index (χ1v) is 12.5. The van der Waals surface area contributed by atoms with Gasteiger partial charge in [-0.05, 0) is 67.3 Å². The van der Waals surface area contributed by atoms with Crippen LogP contribution in [-0.4, -0.2) is 37.1 Å². The van der Waals surface area contributed by atoms with Crippen molar-refractivity contribution in [2.45, 2.75) is 24.5 Å². The molecule has 6 nitrogen and oxygen atoms in total. The van der Waals surface area contributed by atoms with Gasteiger partial charge in [0.15, 0.2) is 0 Å². The summed E-state index contributed by atoms with van der Waals surface area (Å²) >= 11 is 11.3. The molecule has 0 radical (unpaired) electrons. The van der Waals surface area contributed by atoms with Crippen molar-refractivity contribution in [3.63, 3.8) is 0 Å². The van der Waals surface area contributed by atoms with Crippen LogP contribution in [0.4, 0.5) is 10.2 Å². The summed E-state index contributed by atoms with van der Waals surface area (Å²) in [6.07, 6.45) is 6.97. The van der Waals surface area contributed by atoms with Gasteiger partial charge in [0.1, 0.15) is 17.4 Å². The van der Waals surface area contributed by atoms with Gasteiger partial charge < -0.3 is 14.6 Å². The van der Waals surface area contributed by atoms with Crippen molar-refractivity contribution in [2.75, 3.05) is 18.0 Å². The fourth-order valence-corrected chi connectivity index (χ4v) is 5.33. The van der Waals surface area contributed by atoms with E-state index in [0.29, 0.717) is 33.0 Å². The number of aryl methyl sites for hydroxylation is 1. The smallest absolute Gasteiger partial charge is 0.332 e. The molecule has 1 N–H and O–H groups in total. The predicted molar refractivity (Wildman–Crippen MR) is 145 cm³/mol. The predicted octanol–water partition coefficient (Wildman–Crippen LogP) is 5.69. The SMILES string of the molecule is Cn1ccn(-c2ccc(-c3cc(F)cc(-c4ccnc(N5CCC[C@](C)(S)C5)c4)c3O)cc2Cl)c1=O. The minimum Gasteiger partial charge on any atom is -0.507 e. The van der Waals surface area contributed by atoms with E-state index in [4.69, 9.17) is 24.2 Å². The molecule has 1 aliphatic rings. The number of phenolic OH excluding ortho intramolecular Hbond substituents is 1. The second-order valence-electron chi connectivity index (χ2n) is 9.50. The van der Waals surface area contributed by atoms with Crippen LogP contribution in [0.5, 0.6) is 5.75 Å². The molecule has 186 valence electrons. The van der Waals surface area contributed by atoms with E-state index >= 15 is 0 Å². The van der Waals surface area contributed by atoms with Gasteiger partial charge in [0.2, 0.25) is 0 Å². The molecule has 0 spiro atoms. The van der Waals surface area contributed by atoms with Crippen molar-refractivity contribution in [1.82, 2.24) is 14.1 Å². The standard InChI is InChI=1S/C27H26ClFN4O2S/c1-27(36)7-3-9-32(16-27)24-13-18(6-8-30-24)21-15-19(29)14-20(25(21)34)17-4-5-23(22(28)12-17)33-11-10-31(2)26(33)35/h4-6,8,10-15,34,36H,3,7,9,16H2,1-2H3/t27-/m0/s1. The fourth-order valence-electron chi connectivity index (χ4n) is 4.73. The van der Waals surface area contributed by atoms with Gasteiger partial charge in [0.05, 0.1) is 10.7 Å². The Morgan fingerprint density at radius 1 is 1.11 bits per heavy atom. The highest BCUT2D eigenvalue weighted by Crippen LogP contribution is 2.41. The van der Waals surface area contributed by atoms with Gasteiger partial charge in [0.25, 0.3) is 0 Å². The molecule has 1 fully saturated rings. The van der Waals surface area contributed by atoms with Gasteiger partial charge in [-0.2, -0.15) is 12.6 Å². The minimum atomic E-state index is -0.489. The fraction of sp³-hybridized carbons (Fsp3) is 0.259. The molecule has 1 saturated heterocycles. The number of thiol groups is 1. The molecule has 0 bridgehead atoms. The van der Waals surface area contributed by atoms with E-state index in [1.54, 1.807) is 49.9 Å². The largest absolute Gasteiger partial charge is 0.507 e. The number of pyridine rings is 1. The first kappa shape index (κ1) is 24.5. The number of phenols is 1. The minimum absolute atomic E-state index is 0.0630. The molecule has 5 rings (SSSR count). The van der Waals surface area contributed by atoms with E-state index in [-0.39, 0.29) is 16.2 Å². The molecule has 1 aliphatic heterocycles. The zero-order valence-electron chi connectivity index (χ0n) is 19.9. The highest BCUT2D eigenvalue weighted by molar-refractivity contribution is 7.81. The second-order valence-corrected chi connectivity index (χ2v) is 11.0. The van der Waals surface area contributed by atoms with E-state index in [9.17, 15) is 14.3 Å². The first-order valence-electron chi connectivity index (χ1n) is 11.6. The Morgan fingerprint density at radius 3 is 2.47 bits per heavy atom. The third-order valence-corrected chi connectivity index (χ3v) is 7.26. The first-order chi connectivity index (χ1) is 17.1. The highest BCUT2D eigenvalue weighted by atomic mass is 35.5. The van der Waals surface area contributed by atoms with Gasteiger partial charge >= 0.3 is 5.69 Å². The van der Waals surface area contributed by atoms with Gasteiger partial charge in [-0.25, -0.2) is 14.2 Å². The average Bonchev–Trinajstić information content (AvgIpc) is 3.17. The maximum Gasteiger partial charge on any atom is 0.332 e. The number of hydrogen-bond donors (Lipinski definition) is 2. The molecule has 2 aromatic heterocycles. The third-order valence-electron chi connectivity index (χ3n) is 6.60. The molecule has 4 aromatic rings. The molecule has 1 atom stereocenters. The Hall–Kier alpha value is -3.23. The maximum absolute atomic E-state index is 14.8. The summed E-state index contributed by atoms with van der Waals surface area (Å²) in [4.78, 5) is 19.0.